The third-order valence-corrected chi connectivity index (χ3v) is 11.2. The molecule has 0 fully saturated rings. The topological polar surface area (TPSA) is 26.3 Å². The van der Waals surface area contributed by atoms with Gasteiger partial charge >= 0.3 is 0 Å². The predicted molar refractivity (Wildman–Crippen MR) is 125 cm³/mol. The minimum Gasteiger partial charge on any atom is -0.456 e. The number of rotatable bonds is 3. The highest BCUT2D eigenvalue weighted by atomic mass is 28.3. The van der Waals surface area contributed by atoms with Crippen molar-refractivity contribution >= 4 is 52.0 Å². The van der Waals surface area contributed by atoms with Crippen molar-refractivity contribution in [2.24, 2.45) is 0 Å². The van der Waals surface area contributed by atoms with Crippen LogP contribution < -0.4 is 0 Å². The minimum absolute atomic E-state index is 0.889. The first-order valence-electron chi connectivity index (χ1n) is 10.5. The SMILES string of the molecule is CC[Si](C#Cc1ccc2c(c1)oc1cc3c(cc12)oc1ccccc13)(CC)CC. The van der Waals surface area contributed by atoms with E-state index in [-0.39, 0.29) is 0 Å². The smallest absolute Gasteiger partial charge is 0.138 e. The molecular weight excluding hydrogens is 372 g/mol. The summed E-state index contributed by atoms with van der Waals surface area (Å²) in [6, 6.07) is 22.3. The molecule has 3 heteroatoms. The highest BCUT2D eigenvalue weighted by Gasteiger charge is 2.24. The lowest BCUT2D eigenvalue weighted by Gasteiger charge is -2.19. The van der Waals surface area contributed by atoms with E-state index in [9.17, 15) is 0 Å². The van der Waals surface area contributed by atoms with Crippen LogP contribution in [0.25, 0.3) is 43.9 Å². The fourth-order valence-electron chi connectivity index (χ4n) is 4.29. The average Bonchev–Trinajstić information content (AvgIpc) is 3.30. The molecule has 5 aromatic rings. The molecule has 5 rings (SSSR count). The summed E-state index contributed by atoms with van der Waals surface area (Å²) >= 11 is 0. The molecule has 0 saturated heterocycles. The Labute approximate surface area is 171 Å². The fraction of sp³-hybridized carbons (Fsp3) is 0.231. The van der Waals surface area contributed by atoms with Gasteiger partial charge in [0.1, 0.15) is 30.4 Å². The molecule has 0 radical (unpaired) electrons. The Hall–Kier alpha value is -2.96. The summed E-state index contributed by atoms with van der Waals surface area (Å²) in [7, 11) is -1.45. The standard InChI is InChI=1S/C26H24O2Si/c1-4-29(5-2,6-3)14-13-18-11-12-20-22-17-25-21(16-26(22)28-24(20)15-18)19-9-7-8-10-23(19)27-25/h7-12,15-17H,4-6H2,1-3H3. The van der Waals surface area contributed by atoms with Crippen LogP contribution in [0.2, 0.25) is 18.1 Å². The lowest BCUT2D eigenvalue weighted by atomic mass is 10.1. The van der Waals surface area contributed by atoms with Gasteiger partial charge in [0.2, 0.25) is 0 Å². The summed E-state index contributed by atoms with van der Waals surface area (Å²) in [6.45, 7) is 6.86. The maximum absolute atomic E-state index is 6.23. The second-order valence-electron chi connectivity index (χ2n) is 7.85. The fourth-order valence-corrected chi connectivity index (χ4v) is 6.73. The molecule has 0 N–H and O–H groups in total. The number of fused-ring (bicyclic) bond motifs is 6. The van der Waals surface area contributed by atoms with Crippen molar-refractivity contribution < 1.29 is 8.83 Å². The Bertz CT molecular complexity index is 1410. The third-order valence-electron chi connectivity index (χ3n) is 6.47. The molecule has 0 unspecified atom stereocenters. The van der Waals surface area contributed by atoms with Gasteiger partial charge in [-0.3, -0.25) is 0 Å². The van der Waals surface area contributed by atoms with Gasteiger partial charge in [0, 0.05) is 27.1 Å². The summed E-state index contributed by atoms with van der Waals surface area (Å²) in [5.41, 5.74) is 8.30. The van der Waals surface area contributed by atoms with Gasteiger partial charge in [0.15, 0.2) is 0 Å². The van der Waals surface area contributed by atoms with Crippen LogP contribution in [-0.4, -0.2) is 8.07 Å². The minimum atomic E-state index is -1.45. The molecule has 2 aromatic heterocycles. The Morgan fingerprint density at radius 1 is 0.655 bits per heavy atom. The molecule has 0 amide bonds. The number of benzene rings is 3. The maximum atomic E-state index is 6.23. The van der Waals surface area contributed by atoms with E-state index in [1.165, 1.54) is 18.1 Å². The monoisotopic (exact) mass is 396 g/mol. The van der Waals surface area contributed by atoms with E-state index in [4.69, 9.17) is 8.83 Å². The van der Waals surface area contributed by atoms with Crippen LogP contribution in [0.3, 0.4) is 0 Å². The summed E-state index contributed by atoms with van der Waals surface area (Å²) in [6.07, 6.45) is 0. The van der Waals surface area contributed by atoms with Crippen LogP contribution in [-0.2, 0) is 0 Å². The number of furan rings is 2. The Morgan fingerprint density at radius 2 is 1.24 bits per heavy atom. The zero-order valence-corrected chi connectivity index (χ0v) is 18.1. The molecule has 29 heavy (non-hydrogen) atoms. The Balaban J connectivity index is 1.65. The van der Waals surface area contributed by atoms with Crippen molar-refractivity contribution in [1.82, 2.24) is 0 Å². The van der Waals surface area contributed by atoms with Gasteiger partial charge in [0.05, 0.1) is 0 Å². The second-order valence-corrected chi connectivity index (χ2v) is 12.8. The predicted octanol–water partition coefficient (Wildman–Crippen LogP) is 7.88. The van der Waals surface area contributed by atoms with E-state index in [1.54, 1.807) is 0 Å². The first-order valence-corrected chi connectivity index (χ1v) is 13.1. The molecule has 0 bridgehead atoms. The summed E-state index contributed by atoms with van der Waals surface area (Å²) in [5.74, 6) is 3.46. The zero-order valence-electron chi connectivity index (χ0n) is 17.1. The normalized spacial score (nSPS) is 12.1. The molecule has 0 spiro atoms. The molecule has 0 saturated carbocycles. The second kappa shape index (κ2) is 6.83. The van der Waals surface area contributed by atoms with Gasteiger partial charge in [-0.2, -0.15) is 0 Å². The van der Waals surface area contributed by atoms with E-state index >= 15 is 0 Å². The highest BCUT2D eigenvalue weighted by molar-refractivity contribution is 6.87. The van der Waals surface area contributed by atoms with E-state index in [2.05, 4.69) is 68.6 Å². The van der Waals surface area contributed by atoms with E-state index < -0.39 is 8.07 Å². The molecule has 3 aromatic carbocycles. The van der Waals surface area contributed by atoms with Crippen molar-refractivity contribution in [3.63, 3.8) is 0 Å². The Morgan fingerprint density at radius 3 is 1.93 bits per heavy atom. The first kappa shape index (κ1) is 18.1. The van der Waals surface area contributed by atoms with Gasteiger partial charge in [-0.1, -0.05) is 44.9 Å². The maximum Gasteiger partial charge on any atom is 0.138 e. The largest absolute Gasteiger partial charge is 0.456 e. The quantitative estimate of drug-likeness (QED) is 0.229. The van der Waals surface area contributed by atoms with Crippen LogP contribution in [0, 0.1) is 11.5 Å². The van der Waals surface area contributed by atoms with Crippen LogP contribution in [0.1, 0.15) is 26.3 Å². The van der Waals surface area contributed by atoms with Crippen LogP contribution >= 0.6 is 0 Å². The van der Waals surface area contributed by atoms with Crippen LogP contribution in [0.5, 0.6) is 0 Å². The molecule has 2 nitrogen and oxygen atoms in total. The summed E-state index contributed by atoms with van der Waals surface area (Å²) in [4.78, 5) is 0. The van der Waals surface area contributed by atoms with Crippen LogP contribution in [0.4, 0.5) is 0 Å². The van der Waals surface area contributed by atoms with Crippen molar-refractivity contribution in [2.75, 3.05) is 0 Å². The van der Waals surface area contributed by atoms with E-state index in [1.807, 2.05) is 18.2 Å². The molecule has 0 aliphatic heterocycles. The summed E-state index contributed by atoms with van der Waals surface area (Å²) < 4.78 is 12.3. The lowest BCUT2D eigenvalue weighted by molar-refractivity contribution is 0.664. The molecule has 0 aliphatic carbocycles. The van der Waals surface area contributed by atoms with Gasteiger partial charge in [-0.05, 0) is 54.5 Å². The third kappa shape index (κ3) is 2.87. The number of para-hydroxylation sites is 1. The van der Waals surface area contributed by atoms with Crippen molar-refractivity contribution in [3.05, 3.63) is 60.2 Å². The lowest BCUT2D eigenvalue weighted by Crippen LogP contribution is -2.29. The molecule has 0 aliphatic rings. The highest BCUT2D eigenvalue weighted by Crippen LogP contribution is 2.36. The first-order chi connectivity index (χ1) is 14.2. The van der Waals surface area contributed by atoms with Gasteiger partial charge in [0.25, 0.3) is 0 Å². The van der Waals surface area contributed by atoms with Crippen molar-refractivity contribution in [1.29, 1.82) is 0 Å². The Kier molecular flexibility index (Phi) is 4.26. The van der Waals surface area contributed by atoms with E-state index in [0.717, 1.165) is 49.4 Å². The zero-order chi connectivity index (χ0) is 20.0. The molecule has 0 atom stereocenters. The van der Waals surface area contributed by atoms with Crippen molar-refractivity contribution in [2.45, 2.75) is 38.9 Å². The molecule has 144 valence electrons. The van der Waals surface area contributed by atoms with Gasteiger partial charge in [-0.25, -0.2) is 0 Å². The number of hydrogen-bond acceptors (Lipinski definition) is 2. The average molecular weight is 397 g/mol. The van der Waals surface area contributed by atoms with E-state index in [0.29, 0.717) is 0 Å². The van der Waals surface area contributed by atoms with Crippen molar-refractivity contribution in [3.8, 4) is 11.5 Å². The van der Waals surface area contributed by atoms with Gasteiger partial charge < -0.3 is 8.83 Å². The number of hydrogen-bond donors (Lipinski definition) is 0. The molecule has 2 heterocycles. The van der Waals surface area contributed by atoms with Crippen LogP contribution in [0.15, 0.2) is 63.4 Å². The molecular formula is C26H24O2Si. The van der Waals surface area contributed by atoms with Gasteiger partial charge in [-0.15, -0.1) is 5.54 Å². The summed E-state index contributed by atoms with van der Waals surface area (Å²) in [5, 5.41) is 4.41.